The summed E-state index contributed by atoms with van der Waals surface area (Å²) in [6.45, 7) is 5.31. The van der Waals surface area contributed by atoms with Gasteiger partial charge in [0.1, 0.15) is 0 Å². The van der Waals surface area contributed by atoms with Crippen molar-refractivity contribution in [3.63, 3.8) is 0 Å². The van der Waals surface area contributed by atoms with E-state index in [4.69, 9.17) is 5.73 Å². The van der Waals surface area contributed by atoms with E-state index in [1.807, 2.05) is 24.3 Å². The van der Waals surface area contributed by atoms with E-state index < -0.39 is 0 Å². The fourth-order valence-corrected chi connectivity index (χ4v) is 2.49. The quantitative estimate of drug-likeness (QED) is 0.773. The van der Waals surface area contributed by atoms with Crippen molar-refractivity contribution in [3.05, 3.63) is 29.8 Å². The average molecular weight is 260 g/mol. The average Bonchev–Trinajstić information content (AvgIpc) is 3.16. The van der Waals surface area contributed by atoms with Crippen LogP contribution in [0.5, 0.6) is 0 Å². The van der Waals surface area contributed by atoms with Gasteiger partial charge < -0.3 is 11.1 Å². The van der Waals surface area contributed by atoms with E-state index >= 15 is 0 Å². The topological polar surface area (TPSA) is 55.1 Å². The number of rotatable bonds is 6. The zero-order chi connectivity index (χ0) is 13.9. The van der Waals surface area contributed by atoms with Crippen molar-refractivity contribution in [3.8, 4) is 0 Å². The first-order valence-corrected chi connectivity index (χ1v) is 7.13. The third kappa shape index (κ3) is 3.49. The van der Waals surface area contributed by atoms with E-state index in [1.165, 1.54) is 12.8 Å². The van der Waals surface area contributed by atoms with Crippen molar-refractivity contribution in [2.45, 2.75) is 39.5 Å². The molecule has 0 heterocycles. The molecule has 0 atom stereocenters. The Morgan fingerprint density at radius 1 is 1.37 bits per heavy atom. The number of anilines is 1. The highest BCUT2D eigenvalue weighted by molar-refractivity contribution is 5.76. The van der Waals surface area contributed by atoms with Gasteiger partial charge in [-0.05, 0) is 42.2 Å². The van der Waals surface area contributed by atoms with E-state index in [-0.39, 0.29) is 5.91 Å². The van der Waals surface area contributed by atoms with Gasteiger partial charge in [-0.1, -0.05) is 32.0 Å². The smallest absolute Gasteiger partial charge is 0.220 e. The maximum absolute atomic E-state index is 11.9. The van der Waals surface area contributed by atoms with Crippen LogP contribution in [0.2, 0.25) is 0 Å². The van der Waals surface area contributed by atoms with Gasteiger partial charge in [-0.15, -0.1) is 0 Å². The summed E-state index contributed by atoms with van der Waals surface area (Å²) in [6.07, 6.45) is 3.72. The number of para-hydroxylation sites is 1. The van der Waals surface area contributed by atoms with Crippen molar-refractivity contribution < 1.29 is 4.79 Å². The molecule has 0 radical (unpaired) electrons. The van der Waals surface area contributed by atoms with Gasteiger partial charge in [-0.25, -0.2) is 0 Å². The largest absolute Gasteiger partial charge is 0.399 e. The number of nitrogens with two attached hydrogens (primary N) is 1. The van der Waals surface area contributed by atoms with Gasteiger partial charge in [-0.3, -0.25) is 4.79 Å². The van der Waals surface area contributed by atoms with Crippen LogP contribution in [0.3, 0.4) is 0 Å². The second kappa shape index (κ2) is 5.64. The normalized spacial score (nSPS) is 16.4. The molecule has 0 spiro atoms. The molecule has 0 unspecified atom stereocenters. The van der Waals surface area contributed by atoms with E-state index in [9.17, 15) is 4.79 Å². The number of benzene rings is 1. The minimum absolute atomic E-state index is 0.134. The van der Waals surface area contributed by atoms with Crippen LogP contribution in [0.25, 0.3) is 0 Å². The SMILES string of the molecule is CC(C)C1(CNC(=O)CCc2ccccc2N)CC1. The Kier molecular flexibility index (Phi) is 4.13. The lowest BCUT2D eigenvalue weighted by molar-refractivity contribution is -0.121. The molecule has 1 fully saturated rings. The van der Waals surface area contributed by atoms with E-state index in [0.717, 1.165) is 17.8 Å². The summed E-state index contributed by atoms with van der Waals surface area (Å²) >= 11 is 0. The maximum atomic E-state index is 11.9. The Morgan fingerprint density at radius 2 is 2.05 bits per heavy atom. The van der Waals surface area contributed by atoms with Gasteiger partial charge >= 0.3 is 0 Å². The van der Waals surface area contributed by atoms with Crippen LogP contribution < -0.4 is 11.1 Å². The monoisotopic (exact) mass is 260 g/mol. The number of nitrogen functional groups attached to an aromatic ring is 1. The van der Waals surface area contributed by atoms with E-state index in [0.29, 0.717) is 24.2 Å². The second-order valence-electron chi connectivity index (χ2n) is 5.99. The molecule has 3 nitrogen and oxygen atoms in total. The van der Waals surface area contributed by atoms with E-state index in [1.54, 1.807) is 0 Å². The Hall–Kier alpha value is -1.51. The number of nitrogens with one attached hydrogen (secondary N) is 1. The summed E-state index contributed by atoms with van der Waals surface area (Å²) in [5.74, 6) is 0.785. The number of amides is 1. The fourth-order valence-electron chi connectivity index (χ4n) is 2.49. The van der Waals surface area contributed by atoms with Crippen LogP contribution in [0, 0.1) is 11.3 Å². The molecule has 104 valence electrons. The zero-order valence-electron chi connectivity index (χ0n) is 11.9. The summed E-state index contributed by atoms with van der Waals surface area (Å²) in [5, 5.41) is 3.08. The standard InChI is InChI=1S/C16H24N2O/c1-12(2)16(9-10-16)11-18-15(19)8-7-13-5-3-4-6-14(13)17/h3-6,12H,7-11,17H2,1-2H3,(H,18,19). The molecule has 3 N–H and O–H groups in total. The maximum Gasteiger partial charge on any atom is 0.220 e. The van der Waals surface area contributed by atoms with Crippen molar-refractivity contribution >= 4 is 11.6 Å². The highest BCUT2D eigenvalue weighted by Gasteiger charge is 2.45. The number of aryl methyl sites for hydroxylation is 1. The summed E-state index contributed by atoms with van der Waals surface area (Å²) < 4.78 is 0. The summed E-state index contributed by atoms with van der Waals surface area (Å²) in [6, 6.07) is 7.74. The van der Waals surface area contributed by atoms with Crippen molar-refractivity contribution in [2.75, 3.05) is 12.3 Å². The molecule has 2 rings (SSSR count). The minimum atomic E-state index is 0.134. The molecular weight excluding hydrogens is 236 g/mol. The van der Waals surface area contributed by atoms with Gasteiger partial charge in [0.15, 0.2) is 0 Å². The number of carbonyl (C=O) groups excluding carboxylic acids is 1. The zero-order valence-corrected chi connectivity index (χ0v) is 11.9. The van der Waals surface area contributed by atoms with E-state index in [2.05, 4.69) is 19.2 Å². The lowest BCUT2D eigenvalue weighted by Gasteiger charge is -2.20. The van der Waals surface area contributed by atoms with Gasteiger partial charge in [0.05, 0.1) is 0 Å². The van der Waals surface area contributed by atoms with Crippen LogP contribution in [0.1, 0.15) is 38.7 Å². The van der Waals surface area contributed by atoms with Crippen LogP contribution >= 0.6 is 0 Å². The molecule has 0 aliphatic heterocycles. The highest BCUT2D eigenvalue weighted by atomic mass is 16.1. The number of carbonyl (C=O) groups is 1. The molecule has 1 amide bonds. The summed E-state index contributed by atoms with van der Waals surface area (Å²) in [7, 11) is 0. The Bertz CT molecular complexity index is 450. The Labute approximate surface area is 115 Å². The van der Waals surface area contributed by atoms with Crippen LogP contribution in [-0.2, 0) is 11.2 Å². The Balaban J connectivity index is 1.75. The summed E-state index contributed by atoms with van der Waals surface area (Å²) in [5.41, 5.74) is 8.08. The Morgan fingerprint density at radius 3 is 2.63 bits per heavy atom. The third-order valence-electron chi connectivity index (χ3n) is 4.43. The van der Waals surface area contributed by atoms with Crippen LogP contribution in [0.4, 0.5) is 5.69 Å². The van der Waals surface area contributed by atoms with Gasteiger partial charge in [0.2, 0.25) is 5.91 Å². The van der Waals surface area contributed by atoms with Gasteiger partial charge in [0.25, 0.3) is 0 Å². The first kappa shape index (κ1) is 13.9. The number of hydrogen-bond donors (Lipinski definition) is 2. The van der Waals surface area contributed by atoms with Crippen LogP contribution in [0.15, 0.2) is 24.3 Å². The molecule has 1 aromatic rings. The third-order valence-corrected chi connectivity index (χ3v) is 4.43. The molecule has 0 aromatic heterocycles. The number of hydrogen-bond acceptors (Lipinski definition) is 2. The molecule has 1 aromatic carbocycles. The van der Waals surface area contributed by atoms with Crippen molar-refractivity contribution in [2.24, 2.45) is 11.3 Å². The van der Waals surface area contributed by atoms with Crippen LogP contribution in [-0.4, -0.2) is 12.5 Å². The minimum Gasteiger partial charge on any atom is -0.399 e. The first-order chi connectivity index (χ1) is 9.03. The molecule has 19 heavy (non-hydrogen) atoms. The second-order valence-corrected chi connectivity index (χ2v) is 5.99. The predicted molar refractivity (Wildman–Crippen MR) is 78.7 cm³/mol. The molecule has 0 bridgehead atoms. The molecule has 1 aliphatic carbocycles. The molecule has 3 heteroatoms. The van der Waals surface area contributed by atoms with Crippen molar-refractivity contribution in [1.29, 1.82) is 0 Å². The molecular formula is C16H24N2O. The van der Waals surface area contributed by atoms with Crippen molar-refractivity contribution in [1.82, 2.24) is 5.32 Å². The fraction of sp³-hybridized carbons (Fsp3) is 0.562. The lowest BCUT2D eigenvalue weighted by atomic mass is 9.92. The predicted octanol–water partition coefficient (Wildman–Crippen LogP) is 2.75. The van der Waals surface area contributed by atoms with Gasteiger partial charge in [-0.2, -0.15) is 0 Å². The van der Waals surface area contributed by atoms with Gasteiger partial charge in [0, 0.05) is 18.7 Å². The summed E-state index contributed by atoms with van der Waals surface area (Å²) in [4.78, 5) is 11.9. The lowest BCUT2D eigenvalue weighted by Crippen LogP contribution is -2.32. The molecule has 1 saturated carbocycles. The highest BCUT2D eigenvalue weighted by Crippen LogP contribution is 2.51. The molecule has 1 aliphatic rings. The molecule has 0 saturated heterocycles. The first-order valence-electron chi connectivity index (χ1n) is 7.13.